The molecule has 1 aliphatic heterocycles. The number of hydrogen-bond acceptors (Lipinski definition) is 23. The Bertz CT molecular complexity index is 2730. The molecule has 31 nitrogen and oxygen atoms in total. The van der Waals surface area contributed by atoms with Crippen molar-refractivity contribution in [2.75, 3.05) is 33.4 Å². The molecule has 0 unspecified atom stereocenters. The van der Waals surface area contributed by atoms with Crippen LogP contribution in [0.2, 0.25) is 0 Å². The summed E-state index contributed by atoms with van der Waals surface area (Å²) in [6.45, 7) is -2.17. The molecule has 1 fully saturated rings. The van der Waals surface area contributed by atoms with E-state index in [-0.39, 0.29) is 48.0 Å². The van der Waals surface area contributed by atoms with Crippen molar-refractivity contribution in [1.29, 1.82) is 0 Å². The number of alkyl halides is 3. The third-order valence-electron chi connectivity index (χ3n) is 12.5. The molecule has 1 saturated carbocycles. The maximum atomic E-state index is 13.9. The standard InChI is InChI=1S/C49H60F3N9O22/c1-26(53-2)38(64)44(77-20-19-62)83-40-35(56-42(66)37(63)17-18-54-46(68)78-23-27-3-9-30(10-4-27)59(71)72)21-36(58-48(70)80-25-29-7-13-32(14-8-29)61(75)76)41(39(40)65)82-43-34(16-15-33(81-43)22-55-45(67)49(50,51)52)57-47(69)79-24-28-5-11-31(12-6-28)60(73)74/h3-15,26,34-41,43-44,53,62-65H,16-25H2,1-2H3,(H,54,68)(H,55,67)(H,56,66)(H,57,69)(H,58,70)/t26-,34+,35+,36-,37-,38+,39+,40-,41+,43+,44+/m0/s1. The van der Waals surface area contributed by atoms with Crippen LogP contribution in [0.1, 0.15) is 42.9 Å². The van der Waals surface area contributed by atoms with Gasteiger partial charge in [0.25, 0.3) is 17.1 Å². The van der Waals surface area contributed by atoms with Crippen molar-refractivity contribution in [3.8, 4) is 0 Å². The van der Waals surface area contributed by atoms with Gasteiger partial charge in [0.15, 0.2) is 6.29 Å². The average molecular weight is 1180 g/mol. The highest BCUT2D eigenvalue weighted by atomic mass is 19.4. The van der Waals surface area contributed by atoms with Gasteiger partial charge in [-0.3, -0.25) is 39.9 Å². The zero-order valence-electron chi connectivity index (χ0n) is 44.0. The fourth-order valence-corrected chi connectivity index (χ4v) is 7.97. The number of likely N-dealkylation sites (N-methyl/N-ethyl adjacent to an activating group) is 1. The van der Waals surface area contributed by atoms with Crippen LogP contribution in [0.15, 0.2) is 84.6 Å². The molecule has 5 rings (SSSR count). The molecule has 0 radical (unpaired) electrons. The number of benzene rings is 3. The highest BCUT2D eigenvalue weighted by Crippen LogP contribution is 2.32. The Balaban J connectivity index is 1.45. The summed E-state index contributed by atoms with van der Waals surface area (Å²) in [6.07, 6.45) is -22.1. The van der Waals surface area contributed by atoms with Gasteiger partial charge >= 0.3 is 30.4 Å². The predicted molar refractivity (Wildman–Crippen MR) is 273 cm³/mol. The van der Waals surface area contributed by atoms with Crippen molar-refractivity contribution in [1.82, 2.24) is 31.9 Å². The monoisotopic (exact) mass is 1180 g/mol. The fraction of sp³-hybridized carbons (Fsp3) is 0.490. The number of nitrogens with one attached hydrogen (secondary N) is 6. The molecule has 3 aromatic carbocycles. The van der Waals surface area contributed by atoms with Crippen LogP contribution in [0.25, 0.3) is 0 Å². The number of carbonyl (C=O) groups is 5. The van der Waals surface area contributed by atoms with Crippen molar-refractivity contribution in [2.24, 2.45) is 0 Å². The van der Waals surface area contributed by atoms with Crippen LogP contribution in [-0.2, 0) is 62.6 Å². The van der Waals surface area contributed by atoms with Crippen LogP contribution >= 0.6 is 0 Å². The number of nitro groups is 3. The molecule has 1 heterocycles. The van der Waals surface area contributed by atoms with E-state index < -0.39 is 164 Å². The molecular weight excluding hydrogens is 1120 g/mol. The van der Waals surface area contributed by atoms with Crippen LogP contribution in [0, 0.1) is 30.3 Å². The summed E-state index contributed by atoms with van der Waals surface area (Å²) in [6, 6.07) is 9.44. The number of halogens is 3. The van der Waals surface area contributed by atoms with Gasteiger partial charge in [-0.25, -0.2) is 14.4 Å². The largest absolute Gasteiger partial charge is 0.471 e. The number of hydrogen-bond donors (Lipinski definition) is 10. The molecule has 454 valence electrons. The Kier molecular flexibility index (Phi) is 24.6. The lowest BCUT2D eigenvalue weighted by atomic mass is 9.83. The number of alkyl carbamates (subject to hydrolysis) is 3. The van der Waals surface area contributed by atoms with Gasteiger partial charge in [0, 0.05) is 49.0 Å². The second-order valence-corrected chi connectivity index (χ2v) is 18.4. The molecule has 83 heavy (non-hydrogen) atoms. The average Bonchev–Trinajstić information content (AvgIpc) is 3.24. The first-order valence-corrected chi connectivity index (χ1v) is 25.1. The summed E-state index contributed by atoms with van der Waals surface area (Å²) in [4.78, 5) is 96.6. The maximum absolute atomic E-state index is 13.9. The minimum Gasteiger partial charge on any atom is -0.465 e. The summed E-state index contributed by atoms with van der Waals surface area (Å²) < 4.78 is 79.7. The fourth-order valence-electron chi connectivity index (χ4n) is 7.97. The number of non-ortho nitro benzene ring substituents is 3. The Morgan fingerprint density at radius 3 is 1.67 bits per heavy atom. The van der Waals surface area contributed by atoms with Crippen LogP contribution in [0.4, 0.5) is 44.6 Å². The lowest BCUT2D eigenvalue weighted by Gasteiger charge is -2.47. The summed E-state index contributed by atoms with van der Waals surface area (Å²) in [5.41, 5.74) is 0.201. The summed E-state index contributed by atoms with van der Waals surface area (Å²) in [7, 11) is 1.46. The van der Waals surface area contributed by atoms with E-state index >= 15 is 0 Å². The quantitative estimate of drug-likeness (QED) is 0.0214. The first-order chi connectivity index (χ1) is 39.4. The van der Waals surface area contributed by atoms with E-state index in [4.69, 9.17) is 33.2 Å². The molecular formula is C49H60F3N9O22. The Hall–Kier alpha value is -8.38. The number of nitrogens with zero attached hydrogens (tertiary/aromatic N) is 3. The van der Waals surface area contributed by atoms with Gasteiger partial charge in [0.05, 0.1) is 52.7 Å². The second kappa shape index (κ2) is 31.2. The molecule has 2 aliphatic rings. The SMILES string of the molecule is CN[C@@H](C)[C@@H](O)[C@H](OCCO)O[C@@H]1[C@@H](O)[C@H](O[C@H]2OC(CNC(=O)C(F)(F)F)=CC[C@H]2NC(=O)OCc2ccc([N+](=O)[O-])cc2)[C@@H](NC(=O)OCc2ccc([N+](=O)[O-])cc2)C[C@H]1NC(=O)[C@@H](O)CCNC(=O)OCc1ccc([N+](=O)[O-])cc1. The molecule has 0 saturated heterocycles. The van der Waals surface area contributed by atoms with Crippen molar-refractivity contribution in [2.45, 2.75) is 119 Å². The van der Waals surface area contributed by atoms with E-state index in [0.29, 0.717) is 11.1 Å². The third kappa shape index (κ3) is 20.2. The van der Waals surface area contributed by atoms with Crippen LogP contribution in [0.5, 0.6) is 0 Å². The van der Waals surface area contributed by atoms with Gasteiger partial charge in [-0.15, -0.1) is 0 Å². The number of aliphatic hydroxyl groups excluding tert-OH is 4. The molecule has 3 aromatic rings. The molecule has 5 amide bonds. The molecule has 0 spiro atoms. The van der Waals surface area contributed by atoms with Gasteiger partial charge < -0.3 is 85.5 Å². The minimum atomic E-state index is -5.33. The van der Waals surface area contributed by atoms with Gasteiger partial charge in [0.2, 0.25) is 12.2 Å². The summed E-state index contributed by atoms with van der Waals surface area (Å²) >= 11 is 0. The Morgan fingerprint density at radius 1 is 0.723 bits per heavy atom. The van der Waals surface area contributed by atoms with Crippen molar-refractivity contribution in [3.05, 3.63) is 132 Å². The Morgan fingerprint density at radius 2 is 1.20 bits per heavy atom. The van der Waals surface area contributed by atoms with Crippen LogP contribution in [-0.4, -0.2) is 172 Å². The van der Waals surface area contributed by atoms with E-state index in [2.05, 4.69) is 26.6 Å². The maximum Gasteiger partial charge on any atom is 0.471 e. The lowest BCUT2D eigenvalue weighted by Crippen LogP contribution is -2.68. The van der Waals surface area contributed by atoms with Crippen molar-refractivity contribution >= 4 is 47.2 Å². The minimum absolute atomic E-state index is 0.202. The van der Waals surface area contributed by atoms with Gasteiger partial charge in [0.1, 0.15) is 56.1 Å². The normalized spacial score (nSPS) is 21.0. The lowest BCUT2D eigenvalue weighted by molar-refractivity contribution is -0.385. The number of nitro benzene ring substituents is 3. The highest BCUT2D eigenvalue weighted by molar-refractivity contribution is 5.82. The van der Waals surface area contributed by atoms with E-state index in [1.54, 1.807) is 5.32 Å². The molecule has 34 heteroatoms. The number of aliphatic hydroxyl groups is 4. The number of ether oxygens (including phenoxy) is 7. The topological polar surface area (TPSA) is 432 Å². The first kappa shape index (κ1) is 65.4. The predicted octanol–water partition coefficient (Wildman–Crippen LogP) is 1.61. The third-order valence-corrected chi connectivity index (χ3v) is 12.5. The zero-order chi connectivity index (χ0) is 61.0. The van der Waals surface area contributed by atoms with Gasteiger partial charge in [-0.2, -0.15) is 13.2 Å². The molecule has 10 N–H and O–H groups in total. The van der Waals surface area contributed by atoms with Crippen molar-refractivity contribution in [3.63, 3.8) is 0 Å². The molecule has 0 aromatic heterocycles. The zero-order valence-corrected chi connectivity index (χ0v) is 44.0. The second-order valence-electron chi connectivity index (χ2n) is 18.4. The van der Waals surface area contributed by atoms with Gasteiger partial charge in [-0.05, 0) is 92.4 Å². The molecule has 11 atom stereocenters. The molecule has 1 aliphatic carbocycles. The summed E-state index contributed by atoms with van der Waals surface area (Å²) in [5, 5.41) is 92.2. The number of amides is 5. The van der Waals surface area contributed by atoms with E-state index in [0.717, 1.165) is 24.3 Å². The van der Waals surface area contributed by atoms with E-state index in [1.165, 1.54) is 68.6 Å². The van der Waals surface area contributed by atoms with E-state index in [9.17, 15) is 87.9 Å². The smallest absolute Gasteiger partial charge is 0.465 e. The number of carbonyl (C=O) groups excluding carboxylic acids is 5. The van der Waals surface area contributed by atoms with Crippen LogP contribution in [0.3, 0.4) is 0 Å². The first-order valence-electron chi connectivity index (χ1n) is 25.1. The van der Waals surface area contributed by atoms with Gasteiger partial charge in [-0.1, -0.05) is 0 Å². The highest BCUT2D eigenvalue weighted by Gasteiger charge is 2.51. The van der Waals surface area contributed by atoms with Crippen molar-refractivity contribution < 1.29 is 105 Å². The number of rotatable bonds is 28. The summed E-state index contributed by atoms with van der Waals surface area (Å²) in [5.74, 6) is -3.91. The molecule has 0 bridgehead atoms. The van der Waals surface area contributed by atoms with Crippen LogP contribution < -0.4 is 31.9 Å². The van der Waals surface area contributed by atoms with E-state index in [1.807, 2.05) is 0 Å². The Labute approximate surface area is 468 Å².